The van der Waals surface area contributed by atoms with E-state index >= 15 is 0 Å². The van der Waals surface area contributed by atoms with Gasteiger partial charge in [-0.05, 0) is 31.2 Å². The van der Waals surface area contributed by atoms with Gasteiger partial charge in [-0.1, -0.05) is 35.9 Å². The molecule has 2 aromatic carbocycles. The Labute approximate surface area is 250 Å². The van der Waals surface area contributed by atoms with Gasteiger partial charge in [-0.25, -0.2) is 19.1 Å². The molecule has 226 valence electrons. The van der Waals surface area contributed by atoms with Crippen molar-refractivity contribution in [3.8, 4) is 5.75 Å². The van der Waals surface area contributed by atoms with Gasteiger partial charge in [0.15, 0.2) is 6.61 Å². The molecule has 0 spiro atoms. The summed E-state index contributed by atoms with van der Waals surface area (Å²) in [6, 6.07) is 12.0. The van der Waals surface area contributed by atoms with Crippen molar-refractivity contribution in [3.05, 3.63) is 78.0 Å². The highest BCUT2D eigenvalue weighted by molar-refractivity contribution is 6.35. The molecule has 0 amide bonds. The van der Waals surface area contributed by atoms with Crippen LogP contribution >= 0.6 is 11.6 Å². The number of hydrogen-bond donors (Lipinski definition) is 1. The number of piperazine rings is 1. The van der Waals surface area contributed by atoms with Gasteiger partial charge >= 0.3 is 18.2 Å². The fraction of sp³-hybridized carbons (Fsp3) is 0.310. The molecule has 4 aromatic rings. The zero-order valence-corrected chi connectivity index (χ0v) is 23.6. The summed E-state index contributed by atoms with van der Waals surface area (Å²) < 4.78 is 49.2. The summed E-state index contributed by atoms with van der Waals surface area (Å²) in [7, 11) is 0. The molecule has 14 heteroatoms. The monoisotopic (exact) mass is 616 g/mol. The van der Waals surface area contributed by atoms with E-state index in [4.69, 9.17) is 21.1 Å². The molecule has 1 aliphatic rings. The number of aromatic nitrogens is 3. The van der Waals surface area contributed by atoms with Crippen LogP contribution in [-0.2, 0) is 4.74 Å². The molecule has 0 saturated carbocycles. The second-order valence-corrected chi connectivity index (χ2v) is 10.2. The lowest BCUT2D eigenvalue weighted by atomic mass is 10.1. The highest BCUT2D eigenvalue weighted by Crippen LogP contribution is 2.32. The molecule has 10 nitrogen and oxygen atoms in total. The first-order valence-electron chi connectivity index (χ1n) is 13.5. The van der Waals surface area contributed by atoms with Crippen molar-refractivity contribution in [2.45, 2.75) is 12.6 Å². The van der Waals surface area contributed by atoms with Crippen molar-refractivity contribution in [2.24, 2.45) is 0 Å². The molecular weight excluding hydrogens is 589 g/mol. The minimum absolute atomic E-state index is 0.0863. The maximum atomic E-state index is 13.0. The molecule has 0 aliphatic carbocycles. The summed E-state index contributed by atoms with van der Waals surface area (Å²) in [5.74, 6) is -0.658. The van der Waals surface area contributed by atoms with Crippen LogP contribution in [0.1, 0.15) is 16.8 Å². The predicted molar refractivity (Wildman–Crippen MR) is 155 cm³/mol. The van der Waals surface area contributed by atoms with Crippen molar-refractivity contribution < 1.29 is 32.2 Å². The lowest BCUT2D eigenvalue weighted by Crippen LogP contribution is -2.47. The zero-order valence-electron chi connectivity index (χ0n) is 22.9. The SMILES string of the molecule is O=C(OC(=O)n1ccnc1)c1cnc2c(Cl)cccc2c1NCCCN1CCN(c2ccccc2OCC(F)(F)F)CC1. The highest BCUT2D eigenvalue weighted by atomic mass is 35.5. The number of rotatable bonds is 9. The second kappa shape index (κ2) is 13.3. The molecule has 0 atom stereocenters. The number of carbonyl (C=O) groups excluding carboxylic acids is 2. The van der Waals surface area contributed by atoms with Gasteiger partial charge in [-0.3, -0.25) is 9.88 Å². The van der Waals surface area contributed by atoms with Crippen LogP contribution in [0.4, 0.5) is 29.3 Å². The normalized spacial score (nSPS) is 14.1. The van der Waals surface area contributed by atoms with E-state index in [1.54, 1.807) is 42.5 Å². The average molecular weight is 617 g/mol. The molecule has 0 radical (unpaired) electrons. The van der Waals surface area contributed by atoms with Gasteiger partial charge in [0.25, 0.3) is 0 Å². The minimum atomic E-state index is -4.41. The van der Waals surface area contributed by atoms with Crippen LogP contribution in [-0.4, -0.2) is 83.5 Å². The molecule has 1 saturated heterocycles. The first-order valence-corrected chi connectivity index (χ1v) is 13.9. The maximum absolute atomic E-state index is 13.0. The average Bonchev–Trinajstić information content (AvgIpc) is 3.54. The van der Waals surface area contributed by atoms with Crippen molar-refractivity contribution in [3.63, 3.8) is 0 Å². The lowest BCUT2D eigenvalue weighted by Gasteiger charge is -2.36. The van der Waals surface area contributed by atoms with Crippen LogP contribution in [0.3, 0.4) is 0 Å². The number of hydrogen-bond acceptors (Lipinski definition) is 9. The standard InChI is InChI=1S/C29H28ClF3N6O4/c30-22-6-3-5-20-25(21(17-36-26(20)22)27(40)43-28(41)39-12-10-34-19-39)35-9-4-11-37-13-15-38(16-14-37)23-7-1-2-8-24(23)42-18-29(31,32)33/h1-3,5-8,10,12,17,19H,4,9,11,13-16,18H2,(H,35,36). The quantitative estimate of drug-likeness (QED) is 0.149. The van der Waals surface area contributed by atoms with E-state index in [2.05, 4.69) is 20.2 Å². The fourth-order valence-electron chi connectivity index (χ4n) is 4.81. The summed E-state index contributed by atoms with van der Waals surface area (Å²) in [6.07, 6.45) is 0.736. The van der Waals surface area contributed by atoms with Crippen LogP contribution in [0.25, 0.3) is 10.9 Å². The number of ether oxygens (including phenoxy) is 2. The van der Waals surface area contributed by atoms with Crippen LogP contribution in [0, 0.1) is 0 Å². The first-order chi connectivity index (χ1) is 20.7. The van der Waals surface area contributed by atoms with Gasteiger partial charge < -0.3 is 19.7 Å². The van der Waals surface area contributed by atoms with E-state index in [0.717, 1.165) is 30.6 Å². The number of halogens is 4. The summed E-state index contributed by atoms with van der Waals surface area (Å²) in [4.78, 5) is 37.7. The number of fused-ring (bicyclic) bond motifs is 1. The smallest absolute Gasteiger partial charge is 0.427 e. The van der Waals surface area contributed by atoms with Crippen molar-refractivity contribution >= 4 is 45.9 Å². The van der Waals surface area contributed by atoms with Crippen molar-refractivity contribution in [1.82, 2.24) is 19.4 Å². The topological polar surface area (TPSA) is 102 Å². The highest BCUT2D eigenvalue weighted by Gasteiger charge is 2.29. The van der Waals surface area contributed by atoms with E-state index in [1.807, 2.05) is 4.90 Å². The number of esters is 1. The first kappa shape index (κ1) is 30.1. The molecule has 5 rings (SSSR count). The van der Waals surface area contributed by atoms with Crippen molar-refractivity contribution in [2.75, 3.05) is 56.1 Å². The van der Waals surface area contributed by atoms with E-state index in [1.165, 1.54) is 24.9 Å². The summed E-state index contributed by atoms with van der Waals surface area (Å²) >= 11 is 6.34. The van der Waals surface area contributed by atoms with Gasteiger partial charge in [0.1, 0.15) is 17.6 Å². The number of anilines is 2. The molecule has 1 N–H and O–H groups in total. The maximum Gasteiger partial charge on any atom is 0.427 e. The third kappa shape index (κ3) is 7.54. The Kier molecular flexibility index (Phi) is 9.31. The molecule has 0 unspecified atom stereocenters. The van der Waals surface area contributed by atoms with E-state index in [0.29, 0.717) is 46.9 Å². The number of alkyl halides is 3. The number of nitrogens with one attached hydrogen (secondary N) is 1. The molecule has 2 aromatic heterocycles. The van der Waals surface area contributed by atoms with Gasteiger partial charge in [-0.15, -0.1) is 0 Å². The minimum Gasteiger partial charge on any atom is -0.482 e. The van der Waals surface area contributed by atoms with Gasteiger partial charge in [0, 0.05) is 56.7 Å². The summed E-state index contributed by atoms with van der Waals surface area (Å²) in [5, 5.41) is 4.33. The molecular formula is C29H28ClF3N6O4. The van der Waals surface area contributed by atoms with Crippen LogP contribution in [0.2, 0.25) is 5.02 Å². The Balaban J connectivity index is 1.18. The Morgan fingerprint density at radius 1 is 1.05 bits per heavy atom. The fourth-order valence-corrected chi connectivity index (χ4v) is 5.04. The van der Waals surface area contributed by atoms with Crippen LogP contribution in [0.5, 0.6) is 5.75 Å². The summed E-state index contributed by atoms with van der Waals surface area (Å²) in [5.41, 5.74) is 1.68. The lowest BCUT2D eigenvalue weighted by molar-refractivity contribution is -0.153. The van der Waals surface area contributed by atoms with Crippen LogP contribution < -0.4 is 15.0 Å². The second-order valence-electron chi connectivity index (χ2n) is 9.79. The molecule has 0 bridgehead atoms. The van der Waals surface area contributed by atoms with E-state index in [9.17, 15) is 22.8 Å². The molecule has 43 heavy (non-hydrogen) atoms. The Bertz CT molecular complexity index is 1580. The Morgan fingerprint density at radius 2 is 1.84 bits per heavy atom. The number of imidazole rings is 1. The van der Waals surface area contributed by atoms with Crippen LogP contribution in [0.15, 0.2) is 67.4 Å². The van der Waals surface area contributed by atoms with Gasteiger partial charge in [0.2, 0.25) is 0 Å². The third-order valence-corrected chi connectivity index (χ3v) is 7.19. The number of nitrogens with zero attached hydrogens (tertiary/aromatic N) is 5. The van der Waals surface area contributed by atoms with E-state index < -0.39 is 24.8 Å². The number of carbonyl (C=O) groups is 2. The van der Waals surface area contributed by atoms with Crippen molar-refractivity contribution in [1.29, 1.82) is 0 Å². The Hall–Kier alpha value is -4.36. The predicted octanol–water partition coefficient (Wildman–Crippen LogP) is 5.48. The van der Waals surface area contributed by atoms with Gasteiger partial charge in [-0.2, -0.15) is 13.2 Å². The van der Waals surface area contributed by atoms with E-state index in [-0.39, 0.29) is 11.3 Å². The number of benzene rings is 2. The molecule has 1 aliphatic heterocycles. The third-order valence-electron chi connectivity index (χ3n) is 6.89. The Morgan fingerprint density at radius 3 is 2.58 bits per heavy atom. The molecule has 3 heterocycles. The van der Waals surface area contributed by atoms with Gasteiger partial charge in [0.05, 0.1) is 21.9 Å². The largest absolute Gasteiger partial charge is 0.482 e. The molecule has 1 fully saturated rings. The number of para-hydroxylation sites is 3. The number of pyridine rings is 1. The summed E-state index contributed by atoms with van der Waals surface area (Å²) in [6.45, 7) is 2.61. The zero-order chi connectivity index (χ0) is 30.4.